The topological polar surface area (TPSA) is 41.0 Å². The standard InChI is InChI=1S/C36H37N3/c1-19(2)35-38-32-12-9-23-16-28-21(17-29(23)34(32)39-35)7-6-20-14-26-22(15-27(20)28)8-10-25-24(26)11-13-31-30(25)18-33(37-31)36(3,4)5/h8,10,14-17,19H,6-7,9,11-13,18H2,1-5H3,(H,38,39). The molecule has 1 aromatic heterocycles. The van der Waals surface area contributed by atoms with E-state index in [0.717, 1.165) is 50.8 Å². The second-order valence-electron chi connectivity index (χ2n) is 13.5. The number of aromatic amines is 1. The monoisotopic (exact) mass is 511 g/mol. The summed E-state index contributed by atoms with van der Waals surface area (Å²) in [4.78, 5) is 13.8. The minimum Gasteiger partial charge on any atom is -0.345 e. The van der Waals surface area contributed by atoms with Gasteiger partial charge in [-0.25, -0.2) is 4.98 Å². The summed E-state index contributed by atoms with van der Waals surface area (Å²) in [6.45, 7) is 11.3. The van der Waals surface area contributed by atoms with E-state index in [1.54, 1.807) is 5.56 Å². The van der Waals surface area contributed by atoms with Gasteiger partial charge in [-0.15, -0.1) is 0 Å². The summed E-state index contributed by atoms with van der Waals surface area (Å²) >= 11 is 0. The second-order valence-corrected chi connectivity index (χ2v) is 13.5. The lowest BCUT2D eigenvalue weighted by Crippen LogP contribution is -2.18. The van der Waals surface area contributed by atoms with E-state index in [-0.39, 0.29) is 5.41 Å². The van der Waals surface area contributed by atoms with Gasteiger partial charge >= 0.3 is 0 Å². The molecule has 39 heavy (non-hydrogen) atoms. The summed E-state index contributed by atoms with van der Waals surface area (Å²) in [6.07, 6.45) is 7.52. The van der Waals surface area contributed by atoms with Gasteiger partial charge in [0.15, 0.2) is 0 Å². The Balaban J connectivity index is 1.21. The average Bonchev–Trinajstić information content (AvgIpc) is 3.56. The molecule has 0 bridgehead atoms. The van der Waals surface area contributed by atoms with Crippen molar-refractivity contribution in [2.75, 3.05) is 0 Å². The molecule has 3 aromatic carbocycles. The summed E-state index contributed by atoms with van der Waals surface area (Å²) in [5.41, 5.74) is 18.5. The van der Waals surface area contributed by atoms with E-state index in [1.807, 2.05) is 0 Å². The first-order valence-electron chi connectivity index (χ1n) is 14.9. The number of rotatable bonds is 1. The fourth-order valence-electron chi connectivity index (χ4n) is 7.37. The molecule has 3 heteroatoms. The maximum absolute atomic E-state index is 5.10. The summed E-state index contributed by atoms with van der Waals surface area (Å²) in [5.74, 6) is 1.54. The van der Waals surface area contributed by atoms with Crippen molar-refractivity contribution in [3.05, 3.63) is 81.4 Å². The van der Waals surface area contributed by atoms with Crippen LogP contribution < -0.4 is 0 Å². The zero-order valence-electron chi connectivity index (χ0n) is 23.9. The lowest BCUT2D eigenvalue weighted by atomic mass is 9.78. The smallest absolute Gasteiger partial charge is 0.109 e. The van der Waals surface area contributed by atoms with Gasteiger partial charge in [-0.05, 0) is 106 Å². The Bertz CT molecular complexity index is 1780. The van der Waals surface area contributed by atoms with Crippen molar-refractivity contribution in [1.29, 1.82) is 0 Å². The maximum Gasteiger partial charge on any atom is 0.109 e. The number of nitrogens with one attached hydrogen (secondary N) is 1. The lowest BCUT2D eigenvalue weighted by Gasteiger charge is -2.26. The van der Waals surface area contributed by atoms with Crippen LogP contribution in [0.4, 0.5) is 0 Å². The number of aromatic nitrogens is 2. The van der Waals surface area contributed by atoms with Gasteiger partial charge in [0.1, 0.15) is 5.82 Å². The van der Waals surface area contributed by atoms with Crippen molar-refractivity contribution in [3.8, 4) is 22.4 Å². The highest BCUT2D eigenvalue weighted by atomic mass is 14.9. The van der Waals surface area contributed by atoms with Crippen LogP contribution in [0.15, 0.2) is 47.1 Å². The lowest BCUT2D eigenvalue weighted by molar-refractivity contribution is 0.585. The molecular weight excluding hydrogens is 474 g/mol. The van der Waals surface area contributed by atoms with E-state index in [9.17, 15) is 0 Å². The summed E-state index contributed by atoms with van der Waals surface area (Å²) in [6, 6.07) is 14.8. The van der Waals surface area contributed by atoms with Gasteiger partial charge in [-0.1, -0.05) is 58.9 Å². The largest absolute Gasteiger partial charge is 0.345 e. The van der Waals surface area contributed by atoms with E-state index in [0.29, 0.717) is 5.92 Å². The molecule has 2 heterocycles. The van der Waals surface area contributed by atoms with Crippen LogP contribution in [0.2, 0.25) is 0 Å². The van der Waals surface area contributed by atoms with Crippen LogP contribution in [-0.4, -0.2) is 15.7 Å². The fourth-order valence-corrected chi connectivity index (χ4v) is 7.37. The summed E-state index contributed by atoms with van der Waals surface area (Å²) < 4.78 is 0. The molecule has 196 valence electrons. The number of aliphatic imine (C=N–C) groups is 1. The molecule has 0 spiro atoms. The molecule has 8 rings (SSSR count). The van der Waals surface area contributed by atoms with Crippen molar-refractivity contribution in [2.24, 2.45) is 10.4 Å². The molecule has 0 saturated carbocycles. The third-order valence-corrected chi connectivity index (χ3v) is 9.65. The molecule has 0 saturated heterocycles. The number of imidazole rings is 1. The predicted molar refractivity (Wildman–Crippen MR) is 163 cm³/mol. The average molecular weight is 512 g/mol. The van der Waals surface area contributed by atoms with Crippen LogP contribution in [0.25, 0.3) is 38.7 Å². The Morgan fingerprint density at radius 3 is 2.28 bits per heavy atom. The molecule has 0 fully saturated rings. The predicted octanol–water partition coefficient (Wildman–Crippen LogP) is 8.77. The minimum atomic E-state index is 0.134. The van der Waals surface area contributed by atoms with Crippen LogP contribution in [0.5, 0.6) is 0 Å². The third kappa shape index (κ3) is 3.48. The Kier molecular flexibility index (Phi) is 4.83. The van der Waals surface area contributed by atoms with Crippen molar-refractivity contribution >= 4 is 22.1 Å². The molecule has 0 amide bonds. The van der Waals surface area contributed by atoms with Crippen molar-refractivity contribution < 1.29 is 0 Å². The Morgan fingerprint density at radius 2 is 1.49 bits per heavy atom. The maximum atomic E-state index is 5.10. The number of aryl methyl sites for hydroxylation is 5. The van der Waals surface area contributed by atoms with Gasteiger partial charge in [0.05, 0.1) is 5.69 Å². The molecule has 0 atom stereocenters. The number of allylic oxidation sites excluding steroid dienone is 2. The highest BCUT2D eigenvalue weighted by Gasteiger charge is 2.32. The van der Waals surface area contributed by atoms with Crippen LogP contribution in [0, 0.1) is 5.41 Å². The third-order valence-electron chi connectivity index (χ3n) is 9.65. The first kappa shape index (κ1) is 23.4. The van der Waals surface area contributed by atoms with E-state index in [1.165, 1.54) is 78.1 Å². The number of nitrogens with zero attached hydrogens (tertiary/aromatic N) is 2. The summed E-state index contributed by atoms with van der Waals surface area (Å²) in [7, 11) is 0. The van der Waals surface area contributed by atoms with E-state index in [2.05, 4.69) is 76.0 Å². The molecule has 3 aliphatic carbocycles. The number of benzene rings is 3. The second kappa shape index (κ2) is 8.03. The van der Waals surface area contributed by atoms with Crippen LogP contribution in [-0.2, 0) is 32.1 Å². The highest BCUT2D eigenvalue weighted by molar-refractivity contribution is 6.05. The van der Waals surface area contributed by atoms with Crippen LogP contribution >= 0.6 is 0 Å². The molecule has 4 aromatic rings. The first-order chi connectivity index (χ1) is 18.7. The number of fused-ring (bicyclic) bond motifs is 10. The normalized spacial score (nSPS) is 17.4. The van der Waals surface area contributed by atoms with Crippen LogP contribution in [0.3, 0.4) is 0 Å². The fraction of sp³-hybridized carbons (Fsp3) is 0.389. The Labute approximate surface area is 231 Å². The van der Waals surface area contributed by atoms with E-state index in [4.69, 9.17) is 9.98 Å². The van der Waals surface area contributed by atoms with Crippen molar-refractivity contribution in [3.63, 3.8) is 0 Å². The van der Waals surface area contributed by atoms with Crippen LogP contribution in [0.1, 0.15) is 92.7 Å². The van der Waals surface area contributed by atoms with Gasteiger partial charge in [-0.2, -0.15) is 0 Å². The van der Waals surface area contributed by atoms with Crippen molar-refractivity contribution in [2.45, 2.75) is 85.5 Å². The first-order valence-corrected chi connectivity index (χ1v) is 14.9. The molecule has 1 N–H and O–H groups in total. The van der Waals surface area contributed by atoms with Crippen molar-refractivity contribution in [1.82, 2.24) is 9.97 Å². The van der Waals surface area contributed by atoms with Gasteiger partial charge in [0.2, 0.25) is 0 Å². The Hall–Kier alpha value is -3.46. The summed E-state index contributed by atoms with van der Waals surface area (Å²) in [5, 5.41) is 2.85. The number of hydrogen-bond acceptors (Lipinski definition) is 2. The van der Waals surface area contributed by atoms with E-state index < -0.39 is 0 Å². The Morgan fingerprint density at radius 1 is 0.769 bits per heavy atom. The zero-order valence-corrected chi connectivity index (χ0v) is 23.9. The molecule has 0 unspecified atom stereocenters. The SMILES string of the molecule is CC(C)c1nc2c([nH]1)CCc1cc3c(cc1-2)CCc1cc2c4c(ccc2cc1-3)C1=C(CC4)N=C(C(C)(C)C)C1. The van der Waals surface area contributed by atoms with Gasteiger partial charge < -0.3 is 4.98 Å². The quantitative estimate of drug-likeness (QED) is 0.273. The highest BCUT2D eigenvalue weighted by Crippen LogP contribution is 2.46. The van der Waals surface area contributed by atoms with Gasteiger partial charge in [-0.3, -0.25) is 4.99 Å². The zero-order chi connectivity index (χ0) is 26.6. The molecular formula is C36H37N3. The molecule has 0 radical (unpaired) electrons. The molecule has 1 aliphatic heterocycles. The number of H-pyrrole nitrogens is 1. The molecule has 4 aliphatic rings. The molecule has 3 nitrogen and oxygen atoms in total. The number of hydrogen-bond donors (Lipinski definition) is 1. The minimum absolute atomic E-state index is 0.134. The van der Waals surface area contributed by atoms with E-state index >= 15 is 0 Å². The van der Waals surface area contributed by atoms with Gasteiger partial charge in [0.25, 0.3) is 0 Å². The van der Waals surface area contributed by atoms with Gasteiger partial charge in [0, 0.05) is 40.4 Å².